The first-order valence-corrected chi connectivity index (χ1v) is 7.86. The van der Waals surface area contributed by atoms with Gasteiger partial charge in [0.2, 0.25) is 5.91 Å². The Kier molecular flexibility index (Phi) is 6.17. The van der Waals surface area contributed by atoms with Gasteiger partial charge in [-0.15, -0.1) is 0 Å². The maximum Gasteiger partial charge on any atom is 0.416 e. The topological polar surface area (TPSA) is 63.7 Å². The molecular weight excluding hydrogens is 339 g/mol. The fourth-order valence-electron chi connectivity index (χ4n) is 2.75. The Morgan fingerprint density at radius 2 is 2.12 bits per heavy atom. The number of carbonyl (C=O) groups excluding carboxylic acids is 3. The zero-order valence-electron chi connectivity index (χ0n) is 13.4. The highest BCUT2D eigenvalue weighted by molar-refractivity contribution is 5.82. The lowest BCUT2D eigenvalue weighted by Crippen LogP contribution is -2.35. The second-order valence-corrected chi connectivity index (χ2v) is 5.80. The molecule has 1 heterocycles. The van der Waals surface area contributed by atoms with Crippen LogP contribution < -0.4 is 4.74 Å². The van der Waals surface area contributed by atoms with Gasteiger partial charge in [-0.1, -0.05) is 6.07 Å². The summed E-state index contributed by atoms with van der Waals surface area (Å²) < 4.78 is 43.0. The van der Waals surface area contributed by atoms with Gasteiger partial charge in [0.05, 0.1) is 12.1 Å². The Bertz CT molecular complexity index is 645. The summed E-state index contributed by atoms with van der Waals surface area (Å²) in [6.45, 7) is -0.325. The molecule has 2 rings (SSSR count). The van der Waals surface area contributed by atoms with Gasteiger partial charge >= 0.3 is 6.18 Å². The molecule has 0 bridgehead atoms. The van der Waals surface area contributed by atoms with E-state index in [-0.39, 0.29) is 43.1 Å². The van der Waals surface area contributed by atoms with Crippen molar-refractivity contribution < 1.29 is 32.3 Å². The molecule has 1 amide bonds. The highest BCUT2D eigenvalue weighted by Crippen LogP contribution is 2.31. The Hall–Kier alpha value is -2.38. The third-order valence-corrected chi connectivity index (χ3v) is 4.04. The van der Waals surface area contributed by atoms with Crippen LogP contribution in [0.1, 0.15) is 31.2 Å². The predicted molar refractivity (Wildman–Crippen MR) is 82.0 cm³/mol. The second kappa shape index (κ2) is 8.13. The lowest BCUT2D eigenvalue weighted by molar-refractivity contribution is -0.137. The Morgan fingerprint density at radius 3 is 2.80 bits per heavy atom. The summed E-state index contributed by atoms with van der Waals surface area (Å²) in [4.78, 5) is 35.5. The van der Waals surface area contributed by atoms with Crippen LogP contribution >= 0.6 is 0 Å². The van der Waals surface area contributed by atoms with Gasteiger partial charge in [0.15, 0.2) is 5.78 Å². The standard InChI is InChI=1S/C17H18F3NO4/c18-17(19,20)12-2-1-3-15(10-12)25-11-14(23)6-4-13-5-7-16(24)21(13)8-9-22/h1-3,9-10,13H,4-8,11H2. The van der Waals surface area contributed by atoms with Crippen molar-refractivity contribution in [3.63, 3.8) is 0 Å². The van der Waals surface area contributed by atoms with Crippen molar-refractivity contribution in [2.24, 2.45) is 0 Å². The SMILES string of the molecule is O=CCN1C(=O)CCC1CCC(=O)COc1cccc(C(F)(F)F)c1. The van der Waals surface area contributed by atoms with E-state index in [9.17, 15) is 27.6 Å². The average Bonchev–Trinajstić information content (AvgIpc) is 2.91. The van der Waals surface area contributed by atoms with E-state index in [2.05, 4.69) is 0 Å². The first-order valence-electron chi connectivity index (χ1n) is 7.86. The molecule has 1 fully saturated rings. The van der Waals surface area contributed by atoms with Gasteiger partial charge in [-0.05, 0) is 31.0 Å². The number of hydrogen-bond donors (Lipinski definition) is 0. The number of alkyl halides is 3. The van der Waals surface area contributed by atoms with Gasteiger partial charge in [-0.25, -0.2) is 0 Å². The molecule has 25 heavy (non-hydrogen) atoms. The summed E-state index contributed by atoms with van der Waals surface area (Å²) in [6, 6.07) is 4.17. The van der Waals surface area contributed by atoms with Crippen LogP contribution in [-0.2, 0) is 20.6 Å². The zero-order chi connectivity index (χ0) is 18.4. The van der Waals surface area contributed by atoms with Gasteiger partial charge in [0, 0.05) is 18.9 Å². The summed E-state index contributed by atoms with van der Waals surface area (Å²) in [5, 5.41) is 0. The van der Waals surface area contributed by atoms with Gasteiger partial charge in [0.1, 0.15) is 18.6 Å². The number of hydrogen-bond acceptors (Lipinski definition) is 4. The Balaban J connectivity index is 1.81. The molecule has 8 heteroatoms. The van der Waals surface area contributed by atoms with Gasteiger partial charge in [-0.2, -0.15) is 13.2 Å². The van der Waals surface area contributed by atoms with Crippen LogP contribution in [0.3, 0.4) is 0 Å². The van der Waals surface area contributed by atoms with E-state index >= 15 is 0 Å². The van der Waals surface area contributed by atoms with E-state index in [1.807, 2.05) is 0 Å². The minimum Gasteiger partial charge on any atom is -0.486 e. The predicted octanol–water partition coefficient (Wildman–Crippen LogP) is 2.62. The fraction of sp³-hybridized carbons (Fsp3) is 0.471. The van der Waals surface area contributed by atoms with E-state index in [1.54, 1.807) is 0 Å². The van der Waals surface area contributed by atoms with Crippen molar-refractivity contribution in [3.8, 4) is 5.75 Å². The van der Waals surface area contributed by atoms with Crippen LogP contribution in [0.5, 0.6) is 5.75 Å². The molecule has 1 unspecified atom stereocenters. The van der Waals surface area contributed by atoms with Crippen molar-refractivity contribution >= 4 is 18.0 Å². The molecule has 1 aromatic carbocycles. The lowest BCUT2D eigenvalue weighted by atomic mass is 10.1. The Morgan fingerprint density at radius 1 is 1.36 bits per heavy atom. The number of Topliss-reactive ketones (excluding diaryl/α,β-unsaturated/α-hetero) is 1. The third-order valence-electron chi connectivity index (χ3n) is 4.04. The molecule has 0 N–H and O–H groups in total. The maximum absolute atomic E-state index is 12.6. The van der Waals surface area contributed by atoms with Crippen LogP contribution in [-0.4, -0.2) is 42.1 Å². The van der Waals surface area contributed by atoms with Crippen molar-refractivity contribution in [2.45, 2.75) is 37.9 Å². The number of nitrogens with zero attached hydrogens (tertiary/aromatic N) is 1. The molecule has 0 aliphatic carbocycles. The quantitative estimate of drug-likeness (QED) is 0.671. The molecule has 0 saturated carbocycles. The summed E-state index contributed by atoms with van der Waals surface area (Å²) in [5.41, 5.74) is -0.841. The monoisotopic (exact) mass is 357 g/mol. The summed E-state index contributed by atoms with van der Waals surface area (Å²) >= 11 is 0. The number of rotatable bonds is 8. The fourth-order valence-corrected chi connectivity index (χ4v) is 2.75. The smallest absolute Gasteiger partial charge is 0.416 e. The number of benzene rings is 1. The van der Waals surface area contributed by atoms with E-state index in [4.69, 9.17) is 4.74 Å². The summed E-state index contributed by atoms with van der Waals surface area (Å²) in [7, 11) is 0. The molecule has 1 atom stereocenters. The maximum atomic E-state index is 12.6. The van der Waals surface area contributed by atoms with Gasteiger partial charge in [-0.3, -0.25) is 9.59 Å². The molecule has 1 aliphatic heterocycles. The zero-order valence-corrected chi connectivity index (χ0v) is 13.4. The molecule has 0 spiro atoms. The average molecular weight is 357 g/mol. The van der Waals surface area contributed by atoms with Crippen LogP contribution in [0, 0.1) is 0 Å². The van der Waals surface area contributed by atoms with Crippen LogP contribution in [0.25, 0.3) is 0 Å². The minimum atomic E-state index is -4.47. The van der Waals surface area contributed by atoms with Crippen molar-refractivity contribution in [1.29, 1.82) is 0 Å². The minimum absolute atomic E-state index is 0.0123. The molecule has 1 saturated heterocycles. The third kappa shape index (κ3) is 5.30. The number of ether oxygens (including phenoxy) is 1. The number of carbonyl (C=O) groups is 3. The first kappa shape index (κ1) is 19.0. The van der Waals surface area contributed by atoms with Crippen molar-refractivity contribution in [2.75, 3.05) is 13.2 Å². The number of amides is 1. The molecule has 1 aliphatic rings. The number of halogens is 3. The van der Waals surface area contributed by atoms with Crippen molar-refractivity contribution in [3.05, 3.63) is 29.8 Å². The highest BCUT2D eigenvalue weighted by atomic mass is 19.4. The van der Waals surface area contributed by atoms with E-state index < -0.39 is 11.7 Å². The van der Waals surface area contributed by atoms with Gasteiger partial charge < -0.3 is 14.4 Å². The first-order chi connectivity index (χ1) is 11.8. The normalized spacial score (nSPS) is 17.6. The summed E-state index contributed by atoms with van der Waals surface area (Å²) in [5.74, 6) is -0.408. The molecule has 1 aromatic rings. The molecule has 0 aromatic heterocycles. The summed E-state index contributed by atoms with van der Waals surface area (Å²) in [6.07, 6.45) is -2.34. The molecule has 0 radical (unpaired) electrons. The highest BCUT2D eigenvalue weighted by Gasteiger charge is 2.31. The van der Waals surface area contributed by atoms with Crippen molar-refractivity contribution in [1.82, 2.24) is 4.90 Å². The molecular formula is C17H18F3NO4. The number of likely N-dealkylation sites (tertiary alicyclic amines) is 1. The molecule has 5 nitrogen and oxygen atoms in total. The Labute approximate surface area is 142 Å². The largest absolute Gasteiger partial charge is 0.486 e. The lowest BCUT2D eigenvalue weighted by Gasteiger charge is -2.22. The van der Waals surface area contributed by atoms with Gasteiger partial charge in [0.25, 0.3) is 0 Å². The number of aldehydes is 1. The number of ketones is 1. The van der Waals surface area contributed by atoms with Crippen LogP contribution in [0.4, 0.5) is 13.2 Å². The second-order valence-electron chi connectivity index (χ2n) is 5.80. The molecule has 136 valence electrons. The van der Waals surface area contributed by atoms with Crippen LogP contribution in [0.15, 0.2) is 24.3 Å². The van der Waals surface area contributed by atoms with E-state index in [1.165, 1.54) is 17.0 Å². The van der Waals surface area contributed by atoms with E-state index in [0.717, 1.165) is 12.1 Å². The van der Waals surface area contributed by atoms with E-state index in [0.29, 0.717) is 25.5 Å². The van der Waals surface area contributed by atoms with Crippen LogP contribution in [0.2, 0.25) is 0 Å².